The van der Waals surface area contributed by atoms with Gasteiger partial charge in [-0.2, -0.15) is 15.6 Å². The molecule has 0 saturated heterocycles. The van der Waals surface area contributed by atoms with Crippen LogP contribution in [0.25, 0.3) is 0 Å². The molecule has 12 heteroatoms. The van der Waals surface area contributed by atoms with Gasteiger partial charge in [0, 0.05) is 0 Å². The van der Waals surface area contributed by atoms with Gasteiger partial charge in [0.1, 0.15) is 0 Å². The Hall–Kier alpha value is 1.16. The first-order valence-electron chi connectivity index (χ1n) is 1.46. The van der Waals surface area contributed by atoms with Crippen LogP contribution < -0.4 is 29.4 Å². The fraction of sp³-hybridized carbons (Fsp3) is 0. The standard InChI is InChI=1S/B.In.2H3O4P/c;;2*1-5(2,3)4/h;;2*(H3,1,2,3,4)/q2*+3;;/p-6. The molecule has 0 heterocycles. The molecule has 0 rings (SSSR count). The summed E-state index contributed by atoms with van der Waals surface area (Å²) in [5.41, 5.74) is 0. The Kier molecular flexibility index (Phi) is 16.9. The second-order valence-electron chi connectivity index (χ2n) is 0.894. The third-order valence-electron chi connectivity index (χ3n) is 0. The molecular formula is BInO8P2. The van der Waals surface area contributed by atoms with Crippen LogP contribution in [0.2, 0.25) is 0 Å². The summed E-state index contributed by atoms with van der Waals surface area (Å²) in [5.74, 6) is 0. The van der Waals surface area contributed by atoms with E-state index in [1.807, 2.05) is 0 Å². The minimum atomic E-state index is -5.39. The van der Waals surface area contributed by atoms with E-state index in [0.29, 0.717) is 0 Å². The van der Waals surface area contributed by atoms with Gasteiger partial charge in [0.05, 0.1) is 0 Å². The quantitative estimate of drug-likeness (QED) is 0.313. The molecule has 0 fully saturated rings. The molecular weight excluding hydrogens is 316 g/mol. The van der Waals surface area contributed by atoms with E-state index in [4.69, 9.17) is 38.5 Å². The summed E-state index contributed by atoms with van der Waals surface area (Å²) in [6.45, 7) is 0. The van der Waals surface area contributed by atoms with Crippen molar-refractivity contribution < 1.29 is 38.5 Å². The predicted molar refractivity (Wildman–Crippen MR) is 26.7 cm³/mol. The first-order valence-corrected chi connectivity index (χ1v) is 4.38. The van der Waals surface area contributed by atoms with Crippen LogP contribution in [0, 0.1) is 0 Å². The Balaban J connectivity index is -0.0000000457. The summed E-state index contributed by atoms with van der Waals surface area (Å²) in [5, 5.41) is 0. The zero-order valence-electron chi connectivity index (χ0n) is 5.32. The average molecular weight is 316 g/mol. The first-order chi connectivity index (χ1) is 4.00. The van der Waals surface area contributed by atoms with E-state index in [1.54, 1.807) is 0 Å². The van der Waals surface area contributed by atoms with Crippen LogP contribution in [-0.2, 0) is 9.13 Å². The first kappa shape index (κ1) is 23.2. The minimum absolute atomic E-state index is 0. The molecule has 0 amide bonds. The van der Waals surface area contributed by atoms with Crippen LogP contribution >= 0.6 is 15.6 Å². The van der Waals surface area contributed by atoms with Crippen LogP contribution in [0.1, 0.15) is 0 Å². The van der Waals surface area contributed by atoms with Gasteiger partial charge in [-0.05, 0) is 0 Å². The van der Waals surface area contributed by atoms with Gasteiger partial charge in [-0.3, -0.25) is 0 Å². The summed E-state index contributed by atoms with van der Waals surface area (Å²) in [6, 6.07) is 0. The third-order valence-corrected chi connectivity index (χ3v) is 0. The molecule has 0 aliphatic heterocycles. The van der Waals surface area contributed by atoms with Crippen LogP contribution in [-0.4, -0.2) is 34.3 Å². The molecule has 0 atom stereocenters. The second-order valence-corrected chi connectivity index (χ2v) is 2.68. The monoisotopic (exact) mass is 316 g/mol. The molecule has 0 aromatic rings. The maximum absolute atomic E-state index is 8.55. The van der Waals surface area contributed by atoms with E-state index in [0.717, 1.165) is 0 Å². The van der Waals surface area contributed by atoms with Crippen molar-refractivity contribution in [3.05, 3.63) is 0 Å². The number of hydrogen-bond acceptors (Lipinski definition) is 8. The van der Waals surface area contributed by atoms with E-state index in [2.05, 4.69) is 0 Å². The van der Waals surface area contributed by atoms with Crippen molar-refractivity contribution >= 4 is 49.9 Å². The maximum atomic E-state index is 8.55. The van der Waals surface area contributed by atoms with Crippen LogP contribution in [0.5, 0.6) is 0 Å². The van der Waals surface area contributed by atoms with Gasteiger partial charge in [-0.1, -0.05) is 0 Å². The molecule has 0 aromatic heterocycles. The molecule has 64 valence electrons. The van der Waals surface area contributed by atoms with Gasteiger partial charge in [-0.25, -0.2) is 0 Å². The maximum Gasteiger partial charge on any atom is 3.00 e. The van der Waals surface area contributed by atoms with Gasteiger partial charge < -0.3 is 38.5 Å². The van der Waals surface area contributed by atoms with E-state index < -0.39 is 15.6 Å². The van der Waals surface area contributed by atoms with Crippen LogP contribution in [0.4, 0.5) is 0 Å². The van der Waals surface area contributed by atoms with Gasteiger partial charge in [0.2, 0.25) is 0 Å². The van der Waals surface area contributed by atoms with Gasteiger partial charge >= 0.3 is 34.3 Å². The predicted octanol–water partition coefficient (Wildman–Crippen LogP) is -6.41. The topological polar surface area (TPSA) is 172 Å². The minimum Gasteiger partial charge on any atom is -0.822 e. The number of rotatable bonds is 0. The van der Waals surface area contributed by atoms with E-state index in [-0.39, 0.29) is 34.3 Å². The Morgan fingerprint density at radius 1 is 0.667 bits per heavy atom. The third kappa shape index (κ3) is 862. The SMILES string of the molecule is O=P([O-])([O-])[O-].O=P([O-])([O-])[O-].[B+3].[In+3]. The molecule has 0 N–H and O–H groups in total. The van der Waals surface area contributed by atoms with Crippen molar-refractivity contribution in [3.63, 3.8) is 0 Å². The Morgan fingerprint density at radius 2 is 0.667 bits per heavy atom. The summed E-state index contributed by atoms with van der Waals surface area (Å²) < 4.78 is 17.1. The molecule has 0 saturated carbocycles. The van der Waals surface area contributed by atoms with Gasteiger partial charge in [0.15, 0.2) is 0 Å². The summed E-state index contributed by atoms with van der Waals surface area (Å²) in [4.78, 5) is 51.3. The Morgan fingerprint density at radius 3 is 0.667 bits per heavy atom. The number of hydrogen-bond donors (Lipinski definition) is 0. The number of phosphoric acid groups is 2. The summed E-state index contributed by atoms with van der Waals surface area (Å²) in [7, 11) is -10.8. The van der Waals surface area contributed by atoms with E-state index in [9.17, 15) is 0 Å². The van der Waals surface area contributed by atoms with Crippen molar-refractivity contribution in [1.29, 1.82) is 0 Å². The zero-order valence-corrected chi connectivity index (χ0v) is 10.4. The molecule has 0 aromatic carbocycles. The van der Waals surface area contributed by atoms with Crippen molar-refractivity contribution in [1.82, 2.24) is 0 Å². The fourth-order valence-electron chi connectivity index (χ4n) is 0. The molecule has 0 spiro atoms. The van der Waals surface area contributed by atoms with E-state index in [1.165, 1.54) is 0 Å². The molecule has 0 unspecified atom stereocenters. The Bertz CT molecular complexity index is 129. The van der Waals surface area contributed by atoms with Crippen LogP contribution in [0.3, 0.4) is 0 Å². The second kappa shape index (κ2) is 8.74. The van der Waals surface area contributed by atoms with Crippen molar-refractivity contribution in [2.45, 2.75) is 0 Å². The van der Waals surface area contributed by atoms with Crippen molar-refractivity contribution in [3.8, 4) is 0 Å². The van der Waals surface area contributed by atoms with Gasteiger partial charge in [-0.15, -0.1) is 0 Å². The Labute approximate surface area is 88.5 Å². The molecule has 0 aliphatic rings. The molecule has 0 radical (unpaired) electrons. The zero-order chi connectivity index (χ0) is 9.00. The molecule has 0 bridgehead atoms. The molecule has 0 aliphatic carbocycles. The van der Waals surface area contributed by atoms with Crippen LogP contribution in [0.15, 0.2) is 0 Å². The normalized spacial score (nSPS) is 9.83. The average Bonchev–Trinajstić information content (AvgIpc) is 1.12. The summed E-state index contributed by atoms with van der Waals surface area (Å²) >= 11 is 0. The van der Waals surface area contributed by atoms with Crippen molar-refractivity contribution in [2.24, 2.45) is 0 Å². The summed E-state index contributed by atoms with van der Waals surface area (Å²) in [6.07, 6.45) is 0. The fourth-order valence-corrected chi connectivity index (χ4v) is 0. The van der Waals surface area contributed by atoms with Crippen molar-refractivity contribution in [2.75, 3.05) is 0 Å². The smallest absolute Gasteiger partial charge is 0.822 e. The molecule has 8 nitrogen and oxygen atoms in total. The van der Waals surface area contributed by atoms with E-state index >= 15 is 0 Å². The largest absolute Gasteiger partial charge is 3.00 e. The van der Waals surface area contributed by atoms with Gasteiger partial charge in [0.25, 0.3) is 0 Å². The molecule has 12 heavy (non-hydrogen) atoms.